The summed E-state index contributed by atoms with van der Waals surface area (Å²) in [7, 11) is 0. The summed E-state index contributed by atoms with van der Waals surface area (Å²) < 4.78 is 18.3. The van der Waals surface area contributed by atoms with Crippen LogP contribution in [0.1, 0.15) is 15.9 Å². The van der Waals surface area contributed by atoms with Crippen molar-refractivity contribution in [1.29, 1.82) is 0 Å². The van der Waals surface area contributed by atoms with Crippen molar-refractivity contribution >= 4 is 5.78 Å². The summed E-state index contributed by atoms with van der Waals surface area (Å²) in [6, 6.07) is 12.9. The molecule has 0 heterocycles. The Morgan fingerprint density at radius 3 is 2.55 bits per heavy atom. The third-order valence-electron chi connectivity index (χ3n) is 2.86. The van der Waals surface area contributed by atoms with E-state index in [2.05, 4.69) is 6.58 Å². The quantitative estimate of drug-likeness (QED) is 0.589. The Hall–Kier alpha value is -2.42. The van der Waals surface area contributed by atoms with Crippen LogP contribution < -0.4 is 4.74 Å². The minimum absolute atomic E-state index is 0.0697. The zero-order valence-corrected chi connectivity index (χ0v) is 11.0. The van der Waals surface area contributed by atoms with Crippen LogP contribution in [0.4, 0.5) is 4.39 Å². The minimum Gasteiger partial charge on any atom is -0.485 e. The smallest absolute Gasteiger partial charge is 0.200 e. The fraction of sp³-hybridized carbons (Fsp3) is 0.118. The molecule has 3 heteroatoms. The molecule has 0 unspecified atom stereocenters. The molecule has 0 spiro atoms. The Morgan fingerprint density at radius 2 is 1.85 bits per heavy atom. The first-order valence-electron chi connectivity index (χ1n) is 6.31. The standard InChI is InChI=1S/C17H15FO2/c1-2-5-14-6-3-4-7-17(14)20-12-16(19)13-8-10-15(18)11-9-13/h2-4,6-11H,1,5,12H2. The lowest BCUT2D eigenvalue weighted by molar-refractivity contribution is 0.0921. The number of rotatable bonds is 6. The molecule has 0 amide bonds. The van der Waals surface area contributed by atoms with Gasteiger partial charge in [-0.15, -0.1) is 6.58 Å². The van der Waals surface area contributed by atoms with E-state index in [1.54, 1.807) is 6.08 Å². The number of Topliss-reactive ketones (excluding diaryl/α,β-unsaturated/α-hetero) is 1. The van der Waals surface area contributed by atoms with Crippen molar-refractivity contribution in [2.45, 2.75) is 6.42 Å². The average molecular weight is 270 g/mol. The molecule has 0 aliphatic rings. The molecule has 0 bridgehead atoms. The van der Waals surface area contributed by atoms with Crippen molar-refractivity contribution in [3.05, 3.63) is 78.1 Å². The van der Waals surface area contributed by atoms with Crippen LogP contribution in [0.3, 0.4) is 0 Å². The van der Waals surface area contributed by atoms with Crippen molar-refractivity contribution in [2.24, 2.45) is 0 Å². The van der Waals surface area contributed by atoms with E-state index in [4.69, 9.17) is 4.74 Å². The maximum atomic E-state index is 12.8. The normalized spacial score (nSPS) is 10.1. The number of benzene rings is 2. The first-order valence-corrected chi connectivity index (χ1v) is 6.31. The van der Waals surface area contributed by atoms with Crippen LogP contribution in [0.25, 0.3) is 0 Å². The van der Waals surface area contributed by atoms with Gasteiger partial charge in [0.15, 0.2) is 12.4 Å². The van der Waals surface area contributed by atoms with E-state index in [9.17, 15) is 9.18 Å². The molecule has 2 aromatic carbocycles. The maximum Gasteiger partial charge on any atom is 0.200 e. The molecular weight excluding hydrogens is 255 g/mol. The van der Waals surface area contributed by atoms with Gasteiger partial charge < -0.3 is 4.74 Å². The second-order valence-electron chi connectivity index (χ2n) is 4.32. The average Bonchev–Trinajstić information content (AvgIpc) is 2.47. The largest absolute Gasteiger partial charge is 0.485 e. The third-order valence-corrected chi connectivity index (χ3v) is 2.86. The molecule has 0 aliphatic carbocycles. The molecule has 0 aromatic heterocycles. The third kappa shape index (κ3) is 3.54. The van der Waals surface area contributed by atoms with E-state index in [1.165, 1.54) is 24.3 Å². The van der Waals surface area contributed by atoms with Crippen molar-refractivity contribution in [3.63, 3.8) is 0 Å². The molecule has 0 saturated carbocycles. The number of carbonyl (C=O) groups is 1. The van der Waals surface area contributed by atoms with E-state index < -0.39 is 0 Å². The zero-order valence-electron chi connectivity index (χ0n) is 11.0. The summed E-state index contributed by atoms with van der Waals surface area (Å²) in [6.45, 7) is 3.62. The van der Waals surface area contributed by atoms with E-state index in [0.29, 0.717) is 17.7 Å². The van der Waals surface area contributed by atoms with Crippen LogP contribution in [0, 0.1) is 5.82 Å². The fourth-order valence-electron chi connectivity index (χ4n) is 1.83. The predicted molar refractivity (Wildman–Crippen MR) is 76.6 cm³/mol. The van der Waals surface area contributed by atoms with Crippen LogP contribution in [-0.2, 0) is 6.42 Å². The number of allylic oxidation sites excluding steroid dienone is 1. The van der Waals surface area contributed by atoms with E-state index in [0.717, 1.165) is 5.56 Å². The number of ketones is 1. The van der Waals surface area contributed by atoms with Crippen LogP contribution >= 0.6 is 0 Å². The summed E-state index contributed by atoms with van der Waals surface area (Å²) in [6.07, 6.45) is 2.46. The van der Waals surface area contributed by atoms with Gasteiger partial charge in [0, 0.05) is 5.56 Å². The number of ether oxygens (including phenoxy) is 1. The number of hydrogen-bond donors (Lipinski definition) is 0. The van der Waals surface area contributed by atoms with Crippen LogP contribution in [0.2, 0.25) is 0 Å². The van der Waals surface area contributed by atoms with Gasteiger partial charge in [-0.3, -0.25) is 4.79 Å². The lowest BCUT2D eigenvalue weighted by Gasteiger charge is -2.09. The van der Waals surface area contributed by atoms with Gasteiger partial charge in [0.2, 0.25) is 0 Å². The highest BCUT2D eigenvalue weighted by molar-refractivity contribution is 5.97. The zero-order chi connectivity index (χ0) is 14.4. The Morgan fingerprint density at radius 1 is 1.15 bits per heavy atom. The SMILES string of the molecule is C=CCc1ccccc1OCC(=O)c1ccc(F)cc1. The molecule has 2 aromatic rings. The highest BCUT2D eigenvalue weighted by atomic mass is 19.1. The molecule has 0 atom stereocenters. The highest BCUT2D eigenvalue weighted by Gasteiger charge is 2.08. The first kappa shape index (κ1) is 14.0. The molecule has 102 valence electrons. The Kier molecular flexibility index (Phi) is 4.66. The van der Waals surface area contributed by atoms with Gasteiger partial charge in [0.25, 0.3) is 0 Å². The Balaban J connectivity index is 2.03. The van der Waals surface area contributed by atoms with Gasteiger partial charge in [-0.2, -0.15) is 0 Å². The topological polar surface area (TPSA) is 26.3 Å². The maximum absolute atomic E-state index is 12.8. The highest BCUT2D eigenvalue weighted by Crippen LogP contribution is 2.19. The molecule has 2 rings (SSSR count). The van der Waals surface area contributed by atoms with E-state index in [-0.39, 0.29) is 18.2 Å². The minimum atomic E-state index is -0.362. The summed E-state index contributed by atoms with van der Waals surface area (Å²) in [5.74, 6) is 0.125. The molecule has 0 saturated heterocycles. The number of carbonyl (C=O) groups excluding carboxylic acids is 1. The number of hydrogen-bond acceptors (Lipinski definition) is 2. The molecular formula is C17H15FO2. The summed E-state index contributed by atoms with van der Waals surface area (Å²) in [4.78, 5) is 11.9. The fourth-order valence-corrected chi connectivity index (χ4v) is 1.83. The second-order valence-corrected chi connectivity index (χ2v) is 4.32. The molecule has 0 N–H and O–H groups in total. The van der Waals surface area contributed by atoms with E-state index in [1.807, 2.05) is 24.3 Å². The van der Waals surface area contributed by atoms with Gasteiger partial charge in [0.1, 0.15) is 11.6 Å². The van der Waals surface area contributed by atoms with Crippen LogP contribution in [0.15, 0.2) is 61.2 Å². The van der Waals surface area contributed by atoms with Crippen molar-refractivity contribution < 1.29 is 13.9 Å². The summed E-state index contributed by atoms with van der Waals surface area (Å²) in [5, 5.41) is 0. The molecule has 20 heavy (non-hydrogen) atoms. The van der Waals surface area contributed by atoms with E-state index >= 15 is 0 Å². The van der Waals surface area contributed by atoms with Gasteiger partial charge in [-0.25, -0.2) is 4.39 Å². The molecule has 2 nitrogen and oxygen atoms in total. The summed E-state index contributed by atoms with van der Waals surface area (Å²) >= 11 is 0. The van der Waals surface area contributed by atoms with Gasteiger partial charge in [-0.1, -0.05) is 24.3 Å². The van der Waals surface area contributed by atoms with Gasteiger partial charge >= 0.3 is 0 Å². The van der Waals surface area contributed by atoms with Crippen molar-refractivity contribution in [1.82, 2.24) is 0 Å². The lowest BCUT2D eigenvalue weighted by Crippen LogP contribution is -2.12. The van der Waals surface area contributed by atoms with Crippen LogP contribution in [-0.4, -0.2) is 12.4 Å². The van der Waals surface area contributed by atoms with Crippen molar-refractivity contribution in [2.75, 3.05) is 6.61 Å². The monoisotopic (exact) mass is 270 g/mol. The van der Waals surface area contributed by atoms with Gasteiger partial charge in [-0.05, 0) is 42.3 Å². The van der Waals surface area contributed by atoms with Crippen LogP contribution in [0.5, 0.6) is 5.75 Å². The Bertz CT molecular complexity index is 603. The first-order chi connectivity index (χ1) is 9.70. The Labute approximate surface area is 117 Å². The predicted octanol–water partition coefficient (Wildman–Crippen LogP) is 3.82. The number of halogens is 1. The molecule has 0 radical (unpaired) electrons. The molecule has 0 aliphatic heterocycles. The lowest BCUT2D eigenvalue weighted by atomic mass is 10.1. The summed E-state index contributed by atoms with van der Waals surface area (Å²) in [5.41, 5.74) is 1.42. The number of para-hydroxylation sites is 1. The van der Waals surface area contributed by atoms with Crippen molar-refractivity contribution in [3.8, 4) is 5.75 Å². The second kappa shape index (κ2) is 6.66. The van der Waals surface area contributed by atoms with Gasteiger partial charge in [0.05, 0.1) is 0 Å². The molecule has 0 fully saturated rings.